The minimum absolute atomic E-state index is 0.223. The van der Waals surface area contributed by atoms with Gasteiger partial charge in [0.15, 0.2) is 10.6 Å². The first kappa shape index (κ1) is 29.8. The van der Waals surface area contributed by atoms with Crippen LogP contribution in [-0.4, -0.2) is 17.1 Å². The van der Waals surface area contributed by atoms with E-state index in [4.69, 9.17) is 21.1 Å². The summed E-state index contributed by atoms with van der Waals surface area (Å²) >= 11 is 13.7. The van der Waals surface area contributed by atoms with Gasteiger partial charge in [-0.2, -0.15) is 0 Å². The van der Waals surface area contributed by atoms with Gasteiger partial charge in [-0.25, -0.2) is 9.79 Å². The minimum atomic E-state index is -0.652. The van der Waals surface area contributed by atoms with Crippen LogP contribution in [0.4, 0.5) is 0 Å². The fourth-order valence-corrected chi connectivity index (χ4v) is 6.94. The van der Waals surface area contributed by atoms with E-state index in [9.17, 15) is 9.59 Å². The van der Waals surface area contributed by atoms with E-state index in [1.165, 1.54) is 11.3 Å². The van der Waals surface area contributed by atoms with Crippen molar-refractivity contribution >= 4 is 73.5 Å². The predicted octanol–water partition coefficient (Wildman–Crippen LogP) is 6.71. The van der Waals surface area contributed by atoms with Gasteiger partial charge < -0.3 is 9.47 Å². The highest BCUT2D eigenvalue weighted by Crippen LogP contribution is 2.35. The highest BCUT2D eigenvalue weighted by Gasteiger charge is 2.33. The van der Waals surface area contributed by atoms with Crippen molar-refractivity contribution in [2.75, 3.05) is 6.61 Å². The van der Waals surface area contributed by atoms with Crippen LogP contribution in [0.1, 0.15) is 42.1 Å². The molecule has 10 heteroatoms. The number of aryl methyl sites for hydroxylation is 1. The number of benzene rings is 3. The molecule has 2 heterocycles. The Kier molecular flexibility index (Phi) is 9.18. The van der Waals surface area contributed by atoms with Crippen molar-refractivity contribution in [3.05, 3.63) is 127 Å². The highest BCUT2D eigenvalue weighted by molar-refractivity contribution is 14.1. The molecule has 1 aliphatic rings. The smallest absolute Gasteiger partial charge is 0.338 e. The van der Waals surface area contributed by atoms with Gasteiger partial charge in [-0.15, -0.1) is 0 Å². The Hall–Kier alpha value is -2.73. The Bertz CT molecular complexity index is 1820. The quantitative estimate of drug-likeness (QED) is 0.155. The first-order valence-electron chi connectivity index (χ1n) is 12.8. The molecule has 0 saturated carbocycles. The van der Waals surface area contributed by atoms with Crippen LogP contribution in [0, 0.1) is 10.5 Å². The fraction of sp³-hybridized carbons (Fsp3) is 0.194. The number of rotatable bonds is 7. The number of ether oxygens (including phenoxy) is 2. The van der Waals surface area contributed by atoms with Gasteiger partial charge >= 0.3 is 5.97 Å². The molecule has 0 aliphatic carbocycles. The van der Waals surface area contributed by atoms with Crippen molar-refractivity contribution in [3.63, 3.8) is 0 Å². The maximum atomic E-state index is 13.9. The van der Waals surface area contributed by atoms with E-state index in [0.717, 1.165) is 25.8 Å². The van der Waals surface area contributed by atoms with Crippen LogP contribution in [0.3, 0.4) is 0 Å². The fourth-order valence-electron chi connectivity index (χ4n) is 4.54. The zero-order valence-corrected chi connectivity index (χ0v) is 27.7. The third-order valence-corrected chi connectivity index (χ3v) is 9.10. The van der Waals surface area contributed by atoms with E-state index in [1.807, 2.05) is 61.5 Å². The first-order valence-corrected chi connectivity index (χ1v) is 15.9. The molecule has 0 unspecified atom stereocenters. The van der Waals surface area contributed by atoms with Crippen LogP contribution < -0.4 is 19.6 Å². The van der Waals surface area contributed by atoms with Gasteiger partial charge in [0.2, 0.25) is 0 Å². The van der Waals surface area contributed by atoms with Crippen LogP contribution in [0.25, 0.3) is 6.08 Å². The molecule has 1 aliphatic heterocycles. The Balaban J connectivity index is 1.54. The zero-order valence-electron chi connectivity index (χ0n) is 22.4. The molecular formula is C31H25BrClIN2O4S. The molecule has 1 atom stereocenters. The number of hydrogen-bond donors (Lipinski definition) is 0. The number of thiazole rings is 1. The molecule has 1 aromatic heterocycles. The lowest BCUT2D eigenvalue weighted by Gasteiger charge is -2.24. The van der Waals surface area contributed by atoms with Crippen molar-refractivity contribution in [2.24, 2.45) is 4.99 Å². The summed E-state index contributed by atoms with van der Waals surface area (Å²) in [6.07, 6.45) is 1.78. The molecule has 0 amide bonds. The average Bonchev–Trinajstić information content (AvgIpc) is 3.23. The molecule has 0 fully saturated rings. The van der Waals surface area contributed by atoms with Crippen LogP contribution in [0.15, 0.2) is 86.2 Å². The number of hydrogen-bond acceptors (Lipinski definition) is 6. The van der Waals surface area contributed by atoms with Gasteiger partial charge in [-0.3, -0.25) is 9.36 Å². The molecule has 4 aromatic rings. The zero-order chi connectivity index (χ0) is 29.3. The van der Waals surface area contributed by atoms with E-state index < -0.39 is 12.0 Å². The van der Waals surface area contributed by atoms with Crippen LogP contribution >= 0.6 is 61.5 Å². The Labute approximate surface area is 268 Å². The number of carbonyl (C=O) groups excluding carboxylic acids is 1. The number of fused-ring (bicyclic) bond motifs is 1. The number of esters is 1. The second kappa shape index (κ2) is 12.6. The number of carbonyl (C=O) groups is 1. The standard InChI is InChI=1S/C31H25BrClIN2O4S/c1-4-39-30(38)26-18(3)35-31-36(27(26)21-9-5-17(2)6-10-21)29(37)25(41-31)15-20-13-23(32)28(24(33)14-20)40-16-19-7-11-22(34)12-8-19/h5-15,27H,4,16H2,1-3H3/b25-15+/t27-/m0/s1. The second-order valence-electron chi connectivity index (χ2n) is 9.44. The van der Waals surface area contributed by atoms with E-state index >= 15 is 0 Å². The Morgan fingerprint density at radius 3 is 2.51 bits per heavy atom. The lowest BCUT2D eigenvalue weighted by Crippen LogP contribution is -2.39. The average molecular weight is 764 g/mol. The lowest BCUT2D eigenvalue weighted by molar-refractivity contribution is -0.139. The molecule has 0 spiro atoms. The monoisotopic (exact) mass is 762 g/mol. The van der Waals surface area contributed by atoms with E-state index in [1.54, 1.807) is 30.6 Å². The molecule has 0 N–H and O–H groups in total. The van der Waals surface area contributed by atoms with Crippen LogP contribution in [0.5, 0.6) is 5.75 Å². The minimum Gasteiger partial charge on any atom is -0.486 e. The van der Waals surface area contributed by atoms with Gasteiger partial charge in [-0.05, 0) is 106 Å². The highest BCUT2D eigenvalue weighted by atomic mass is 127. The molecule has 6 nitrogen and oxygen atoms in total. The second-order valence-corrected chi connectivity index (χ2v) is 13.0. The number of aromatic nitrogens is 1. The molecule has 210 valence electrons. The molecule has 5 rings (SSSR count). The van der Waals surface area contributed by atoms with Crippen molar-refractivity contribution in [3.8, 4) is 5.75 Å². The molecule has 3 aromatic carbocycles. The van der Waals surface area contributed by atoms with Gasteiger partial charge in [0.05, 0.1) is 37.9 Å². The SMILES string of the molecule is CCOC(=O)C1=C(C)N=c2s/c(=C/c3cc(Cl)c(OCc4ccc(I)cc4)c(Br)c3)c(=O)n2[C@H]1c1ccc(C)cc1. The summed E-state index contributed by atoms with van der Waals surface area (Å²) < 4.78 is 15.2. The molecule has 0 radical (unpaired) electrons. The van der Waals surface area contributed by atoms with Crippen molar-refractivity contribution in [2.45, 2.75) is 33.4 Å². The largest absolute Gasteiger partial charge is 0.486 e. The summed E-state index contributed by atoms with van der Waals surface area (Å²) in [5, 5.41) is 0.418. The topological polar surface area (TPSA) is 69.9 Å². The van der Waals surface area contributed by atoms with Crippen LogP contribution in [-0.2, 0) is 16.1 Å². The Morgan fingerprint density at radius 2 is 1.85 bits per heavy atom. The maximum Gasteiger partial charge on any atom is 0.338 e. The summed E-state index contributed by atoms with van der Waals surface area (Å²) in [6, 6.07) is 18.8. The van der Waals surface area contributed by atoms with Crippen molar-refractivity contribution in [1.29, 1.82) is 0 Å². The first-order chi connectivity index (χ1) is 19.7. The predicted molar refractivity (Wildman–Crippen MR) is 174 cm³/mol. The van der Waals surface area contributed by atoms with Gasteiger partial charge in [0.1, 0.15) is 6.61 Å². The van der Waals surface area contributed by atoms with E-state index in [2.05, 4.69) is 43.5 Å². The number of allylic oxidation sites excluding steroid dienone is 1. The van der Waals surface area contributed by atoms with E-state index in [-0.39, 0.29) is 12.2 Å². The summed E-state index contributed by atoms with van der Waals surface area (Å²) in [5.74, 6) is 0.0445. The van der Waals surface area contributed by atoms with E-state index in [0.29, 0.717) is 42.5 Å². The third-order valence-electron chi connectivity index (χ3n) is 6.52. The number of nitrogens with zero attached hydrogens (tertiary/aromatic N) is 2. The molecule has 0 saturated heterocycles. The summed E-state index contributed by atoms with van der Waals surface area (Å²) in [4.78, 5) is 32.1. The van der Waals surface area contributed by atoms with Crippen molar-refractivity contribution < 1.29 is 14.3 Å². The molecule has 0 bridgehead atoms. The molecular weight excluding hydrogens is 739 g/mol. The van der Waals surface area contributed by atoms with Crippen molar-refractivity contribution in [1.82, 2.24) is 4.57 Å². The summed E-state index contributed by atoms with van der Waals surface area (Å²) in [6.45, 7) is 6.11. The maximum absolute atomic E-state index is 13.9. The van der Waals surface area contributed by atoms with Gasteiger partial charge in [0, 0.05) is 3.57 Å². The summed E-state index contributed by atoms with van der Waals surface area (Å²) in [7, 11) is 0. The molecule has 41 heavy (non-hydrogen) atoms. The Morgan fingerprint density at radius 1 is 1.15 bits per heavy atom. The summed E-state index contributed by atoms with van der Waals surface area (Å²) in [5.41, 5.74) is 4.27. The van der Waals surface area contributed by atoms with Gasteiger partial charge in [0.25, 0.3) is 5.56 Å². The number of halogens is 3. The lowest BCUT2D eigenvalue weighted by atomic mass is 9.95. The van der Waals surface area contributed by atoms with Gasteiger partial charge in [-0.1, -0.05) is 64.9 Å². The third kappa shape index (κ3) is 6.38. The van der Waals surface area contributed by atoms with Crippen LogP contribution in [0.2, 0.25) is 5.02 Å². The normalized spacial score (nSPS) is 15.0.